The van der Waals surface area contributed by atoms with Gasteiger partial charge >= 0.3 is 5.97 Å². The number of carbonyl (C=O) groups is 1. The summed E-state index contributed by atoms with van der Waals surface area (Å²) in [6.07, 6.45) is 2.73. The smallest absolute Gasteiger partial charge is 0.326 e. The second-order valence-electron chi connectivity index (χ2n) is 4.76. The van der Waals surface area contributed by atoms with E-state index in [-0.39, 0.29) is 18.7 Å². The van der Waals surface area contributed by atoms with Gasteiger partial charge in [0.15, 0.2) is 5.65 Å². The number of carbonyl (C=O) groups excluding carboxylic acids is 1. The van der Waals surface area contributed by atoms with E-state index < -0.39 is 5.97 Å². The van der Waals surface area contributed by atoms with Crippen molar-refractivity contribution >= 4 is 28.6 Å². The zero-order chi connectivity index (χ0) is 16.4. The molecule has 0 fully saturated rings. The number of hydrogen-bond acceptors (Lipinski definition) is 5. The zero-order valence-corrected chi connectivity index (χ0v) is 13.0. The Kier molecular flexibility index (Phi) is 4.12. The van der Waals surface area contributed by atoms with Gasteiger partial charge in [-0.2, -0.15) is 5.10 Å². The molecule has 0 unspecified atom stereocenters. The van der Waals surface area contributed by atoms with Crippen LogP contribution in [0.3, 0.4) is 0 Å². The molecule has 2 aromatic heterocycles. The molecule has 3 rings (SSSR count). The lowest BCUT2D eigenvalue weighted by molar-refractivity contribution is -0.143. The summed E-state index contributed by atoms with van der Waals surface area (Å²) in [5, 5.41) is 5.06. The lowest BCUT2D eigenvalue weighted by Gasteiger charge is -2.06. The lowest BCUT2D eigenvalue weighted by Crippen LogP contribution is -2.25. The van der Waals surface area contributed by atoms with Crippen LogP contribution in [0.15, 0.2) is 41.6 Å². The molecule has 0 saturated carbocycles. The third kappa shape index (κ3) is 2.95. The van der Waals surface area contributed by atoms with Gasteiger partial charge in [0.05, 0.1) is 18.5 Å². The van der Waals surface area contributed by atoms with E-state index in [0.717, 1.165) is 0 Å². The monoisotopic (exact) mass is 332 g/mol. The van der Waals surface area contributed by atoms with E-state index in [4.69, 9.17) is 16.3 Å². The van der Waals surface area contributed by atoms with Crippen LogP contribution in [-0.2, 0) is 16.1 Å². The molecule has 118 valence electrons. The van der Waals surface area contributed by atoms with E-state index in [0.29, 0.717) is 21.7 Å². The minimum Gasteiger partial charge on any atom is -0.465 e. The predicted molar refractivity (Wildman–Crippen MR) is 84.8 cm³/mol. The largest absolute Gasteiger partial charge is 0.465 e. The number of ether oxygens (including phenoxy) is 1. The molecule has 0 amide bonds. The van der Waals surface area contributed by atoms with Crippen molar-refractivity contribution in [3.05, 3.63) is 52.2 Å². The molecule has 0 aliphatic heterocycles. The zero-order valence-electron chi connectivity index (χ0n) is 12.3. The second kappa shape index (κ2) is 6.21. The molecule has 0 bridgehead atoms. The van der Waals surface area contributed by atoms with Crippen molar-refractivity contribution in [1.29, 1.82) is 0 Å². The van der Waals surface area contributed by atoms with Crippen LogP contribution < -0.4 is 5.56 Å². The van der Waals surface area contributed by atoms with Crippen molar-refractivity contribution in [1.82, 2.24) is 19.3 Å². The number of nitrogens with zero attached hydrogens (tertiary/aromatic N) is 4. The lowest BCUT2D eigenvalue weighted by atomic mass is 10.3. The number of benzene rings is 1. The van der Waals surface area contributed by atoms with Crippen molar-refractivity contribution in [2.75, 3.05) is 6.61 Å². The van der Waals surface area contributed by atoms with Gasteiger partial charge in [-0.15, -0.1) is 0 Å². The van der Waals surface area contributed by atoms with Crippen LogP contribution >= 0.6 is 11.6 Å². The summed E-state index contributed by atoms with van der Waals surface area (Å²) in [4.78, 5) is 28.2. The highest BCUT2D eigenvalue weighted by Crippen LogP contribution is 2.17. The van der Waals surface area contributed by atoms with Crippen LogP contribution in [0.4, 0.5) is 0 Å². The molecule has 2 heterocycles. The number of rotatable bonds is 4. The van der Waals surface area contributed by atoms with Gasteiger partial charge in [-0.05, 0) is 25.1 Å². The van der Waals surface area contributed by atoms with Gasteiger partial charge in [0.1, 0.15) is 18.3 Å². The highest BCUT2D eigenvalue weighted by Gasteiger charge is 2.13. The minimum atomic E-state index is -0.488. The second-order valence-corrected chi connectivity index (χ2v) is 5.19. The fraction of sp³-hybridized carbons (Fsp3) is 0.200. The average Bonchev–Trinajstić information content (AvgIpc) is 2.95. The van der Waals surface area contributed by atoms with Gasteiger partial charge in [-0.1, -0.05) is 17.7 Å². The maximum atomic E-state index is 12.4. The van der Waals surface area contributed by atoms with Gasteiger partial charge in [0.25, 0.3) is 5.56 Å². The summed E-state index contributed by atoms with van der Waals surface area (Å²) < 4.78 is 7.56. The SMILES string of the molecule is CCOC(=O)Cn1cnc2c(cnn2-c2cccc(Cl)c2)c1=O. The third-order valence-electron chi connectivity index (χ3n) is 3.21. The molecule has 7 nitrogen and oxygen atoms in total. The highest BCUT2D eigenvalue weighted by atomic mass is 35.5. The molecular weight excluding hydrogens is 320 g/mol. The van der Waals surface area contributed by atoms with Crippen molar-refractivity contribution in [2.45, 2.75) is 13.5 Å². The van der Waals surface area contributed by atoms with Crippen molar-refractivity contribution in [2.24, 2.45) is 0 Å². The minimum absolute atomic E-state index is 0.183. The van der Waals surface area contributed by atoms with Crippen LogP contribution in [0.5, 0.6) is 0 Å². The van der Waals surface area contributed by atoms with Gasteiger partial charge < -0.3 is 4.74 Å². The molecule has 0 aliphatic carbocycles. The molecule has 1 aromatic carbocycles. The Morgan fingerprint density at radius 1 is 1.39 bits per heavy atom. The molecular formula is C15H13ClN4O3. The molecule has 3 aromatic rings. The molecule has 23 heavy (non-hydrogen) atoms. The summed E-state index contributed by atoms with van der Waals surface area (Å²) in [5.74, 6) is -0.488. The van der Waals surface area contributed by atoms with Crippen molar-refractivity contribution < 1.29 is 9.53 Å². The third-order valence-corrected chi connectivity index (χ3v) is 3.45. The highest BCUT2D eigenvalue weighted by molar-refractivity contribution is 6.30. The van der Waals surface area contributed by atoms with Crippen LogP contribution in [0.2, 0.25) is 5.02 Å². The fourth-order valence-electron chi connectivity index (χ4n) is 2.20. The summed E-state index contributed by atoms with van der Waals surface area (Å²) in [6.45, 7) is 1.78. The Morgan fingerprint density at radius 3 is 2.96 bits per heavy atom. The fourth-order valence-corrected chi connectivity index (χ4v) is 2.39. The first-order chi connectivity index (χ1) is 11.1. The summed E-state index contributed by atoms with van der Waals surface area (Å²) in [7, 11) is 0. The number of aromatic nitrogens is 4. The quantitative estimate of drug-likeness (QED) is 0.681. The molecule has 8 heteroatoms. The molecule has 0 atom stereocenters. The Balaban J connectivity index is 2.04. The van der Waals surface area contributed by atoms with E-state index >= 15 is 0 Å². The first-order valence-corrected chi connectivity index (χ1v) is 7.32. The van der Waals surface area contributed by atoms with Gasteiger partial charge in [-0.3, -0.25) is 14.2 Å². The molecule has 0 spiro atoms. The topological polar surface area (TPSA) is 79.0 Å². The standard InChI is InChI=1S/C15H13ClN4O3/c1-2-23-13(21)8-19-9-17-14-12(15(19)22)7-18-20(14)11-5-3-4-10(16)6-11/h3-7,9H,2,8H2,1H3. The van der Waals surface area contributed by atoms with Crippen molar-refractivity contribution in [3.8, 4) is 5.69 Å². The van der Waals surface area contributed by atoms with E-state index in [1.165, 1.54) is 21.8 Å². The number of esters is 1. The summed E-state index contributed by atoms with van der Waals surface area (Å²) in [6, 6.07) is 7.06. The van der Waals surface area contributed by atoms with Crippen LogP contribution in [0, 0.1) is 0 Å². The van der Waals surface area contributed by atoms with Gasteiger partial charge in [0.2, 0.25) is 0 Å². The number of halogens is 1. The van der Waals surface area contributed by atoms with E-state index in [2.05, 4.69) is 10.1 Å². The normalized spacial score (nSPS) is 10.9. The molecule has 0 saturated heterocycles. The molecule has 0 aliphatic rings. The molecule has 0 radical (unpaired) electrons. The summed E-state index contributed by atoms with van der Waals surface area (Å²) in [5.41, 5.74) is 0.747. The maximum Gasteiger partial charge on any atom is 0.326 e. The van der Waals surface area contributed by atoms with E-state index in [1.807, 2.05) is 6.07 Å². The Labute approximate surface area is 136 Å². The average molecular weight is 333 g/mol. The summed E-state index contributed by atoms with van der Waals surface area (Å²) >= 11 is 5.98. The van der Waals surface area contributed by atoms with Gasteiger partial charge in [-0.25, -0.2) is 9.67 Å². The first kappa shape index (κ1) is 15.2. The van der Waals surface area contributed by atoms with E-state index in [1.54, 1.807) is 25.1 Å². The molecule has 0 N–H and O–H groups in total. The first-order valence-electron chi connectivity index (χ1n) is 6.95. The Morgan fingerprint density at radius 2 is 2.22 bits per heavy atom. The van der Waals surface area contributed by atoms with Gasteiger partial charge in [0, 0.05) is 5.02 Å². The van der Waals surface area contributed by atoms with Crippen LogP contribution in [0.1, 0.15) is 6.92 Å². The van der Waals surface area contributed by atoms with Crippen LogP contribution in [0.25, 0.3) is 16.7 Å². The number of hydrogen-bond donors (Lipinski definition) is 0. The van der Waals surface area contributed by atoms with Crippen molar-refractivity contribution in [3.63, 3.8) is 0 Å². The van der Waals surface area contributed by atoms with E-state index in [9.17, 15) is 9.59 Å². The number of fused-ring (bicyclic) bond motifs is 1. The maximum absolute atomic E-state index is 12.4. The predicted octanol–water partition coefficient (Wildman–Crippen LogP) is 1.80. The Hall–Kier alpha value is -2.67. The van der Waals surface area contributed by atoms with Crippen LogP contribution in [-0.4, -0.2) is 31.9 Å². The Bertz CT molecular complexity index is 932.